The Balaban J connectivity index is 2.79. The van der Waals surface area contributed by atoms with Gasteiger partial charge >= 0.3 is 0 Å². The Kier molecular flexibility index (Phi) is 2.35. The molecule has 0 radical (unpaired) electrons. The van der Waals surface area contributed by atoms with Crippen LogP contribution in [0.15, 0.2) is 18.2 Å². The minimum Gasteiger partial charge on any atom is -0.352 e. The van der Waals surface area contributed by atoms with Crippen molar-refractivity contribution in [2.24, 2.45) is 0 Å². The zero-order valence-corrected chi connectivity index (χ0v) is 9.35. The molecule has 0 aliphatic carbocycles. The molecule has 78 valence electrons. The number of aryl methyl sites for hydroxylation is 2. The summed E-state index contributed by atoms with van der Waals surface area (Å²) in [6.45, 7) is 5.76. The number of carbonyl (C=O) groups excluding carboxylic acids is 1. The van der Waals surface area contributed by atoms with Crippen molar-refractivity contribution in [3.63, 3.8) is 0 Å². The molecule has 0 unspecified atom stereocenters. The highest BCUT2D eigenvalue weighted by Crippen LogP contribution is 2.24. The maximum Gasteiger partial charge on any atom is 0.176 e. The second kappa shape index (κ2) is 3.54. The summed E-state index contributed by atoms with van der Waals surface area (Å²) in [5.41, 5.74) is 4.19. The van der Waals surface area contributed by atoms with Gasteiger partial charge in [-0.15, -0.1) is 0 Å². The largest absolute Gasteiger partial charge is 0.352 e. The Bertz CT molecular complexity index is 523. The number of aromatic nitrogens is 1. The molecule has 0 aliphatic rings. The first-order valence-electron chi connectivity index (χ1n) is 5.25. The van der Waals surface area contributed by atoms with Crippen LogP contribution in [0.5, 0.6) is 0 Å². The molecule has 15 heavy (non-hydrogen) atoms. The van der Waals surface area contributed by atoms with E-state index >= 15 is 0 Å². The first-order valence-corrected chi connectivity index (χ1v) is 5.25. The summed E-state index contributed by atoms with van der Waals surface area (Å²) in [7, 11) is 0. The van der Waals surface area contributed by atoms with Gasteiger partial charge in [-0.05, 0) is 31.0 Å². The smallest absolute Gasteiger partial charge is 0.176 e. The van der Waals surface area contributed by atoms with Crippen LogP contribution in [0.25, 0.3) is 10.9 Å². The van der Waals surface area contributed by atoms with Crippen molar-refractivity contribution < 1.29 is 4.79 Å². The number of H-pyrrole nitrogens is 1. The second-order valence-corrected chi connectivity index (χ2v) is 3.94. The van der Waals surface area contributed by atoms with E-state index in [-0.39, 0.29) is 5.78 Å². The molecule has 0 saturated heterocycles. The summed E-state index contributed by atoms with van der Waals surface area (Å²) in [6, 6.07) is 6.23. The highest BCUT2D eigenvalue weighted by Gasteiger charge is 2.12. The number of Topliss-reactive ketones (excluding diaryl/α,β-unsaturated/α-hetero) is 1. The van der Waals surface area contributed by atoms with Gasteiger partial charge in [0.25, 0.3) is 0 Å². The van der Waals surface area contributed by atoms with Crippen LogP contribution >= 0.6 is 0 Å². The number of benzene rings is 1. The molecular weight excluding hydrogens is 186 g/mol. The van der Waals surface area contributed by atoms with Crippen molar-refractivity contribution in [3.05, 3.63) is 35.0 Å². The minimum absolute atomic E-state index is 0.112. The molecule has 0 atom stereocenters. The fourth-order valence-electron chi connectivity index (χ4n) is 2.03. The van der Waals surface area contributed by atoms with E-state index in [0.717, 1.165) is 23.2 Å². The third kappa shape index (κ3) is 1.56. The van der Waals surface area contributed by atoms with Crippen LogP contribution in [0.1, 0.15) is 35.5 Å². The van der Waals surface area contributed by atoms with Gasteiger partial charge in [-0.2, -0.15) is 0 Å². The Morgan fingerprint density at radius 2 is 2.13 bits per heavy atom. The first-order chi connectivity index (χ1) is 7.13. The van der Waals surface area contributed by atoms with Gasteiger partial charge in [-0.3, -0.25) is 4.79 Å². The molecule has 2 heteroatoms. The number of fused-ring (bicyclic) bond motifs is 1. The van der Waals surface area contributed by atoms with Gasteiger partial charge in [0.2, 0.25) is 0 Å². The summed E-state index contributed by atoms with van der Waals surface area (Å²) in [5, 5.41) is 1.18. The molecule has 0 spiro atoms. The van der Waals surface area contributed by atoms with Crippen molar-refractivity contribution in [2.75, 3.05) is 0 Å². The van der Waals surface area contributed by atoms with Crippen molar-refractivity contribution in [2.45, 2.75) is 27.2 Å². The van der Waals surface area contributed by atoms with Crippen molar-refractivity contribution in [3.8, 4) is 0 Å². The Labute approximate surface area is 89.3 Å². The first kappa shape index (κ1) is 9.97. The number of aromatic amines is 1. The van der Waals surface area contributed by atoms with Crippen LogP contribution in [0, 0.1) is 6.92 Å². The van der Waals surface area contributed by atoms with Crippen LogP contribution < -0.4 is 0 Å². The maximum atomic E-state index is 11.4. The molecule has 1 aromatic heterocycles. The average molecular weight is 201 g/mol. The van der Waals surface area contributed by atoms with Crippen molar-refractivity contribution >= 4 is 16.7 Å². The zero-order chi connectivity index (χ0) is 11.0. The van der Waals surface area contributed by atoms with Crippen LogP contribution in [-0.4, -0.2) is 10.8 Å². The van der Waals surface area contributed by atoms with E-state index in [0.29, 0.717) is 0 Å². The Morgan fingerprint density at radius 3 is 2.73 bits per heavy atom. The molecule has 2 rings (SSSR count). The summed E-state index contributed by atoms with van der Waals surface area (Å²) >= 11 is 0. The van der Waals surface area contributed by atoms with E-state index in [2.05, 4.69) is 31.0 Å². The van der Waals surface area contributed by atoms with Crippen LogP contribution in [-0.2, 0) is 6.42 Å². The average Bonchev–Trinajstić information content (AvgIpc) is 2.55. The SMILES string of the molecule is CCc1c(C(C)=O)[nH]c2ccc(C)cc12. The lowest BCUT2D eigenvalue weighted by Crippen LogP contribution is -1.96. The summed E-state index contributed by atoms with van der Waals surface area (Å²) in [5.74, 6) is 0.112. The number of hydrogen-bond acceptors (Lipinski definition) is 1. The van der Waals surface area contributed by atoms with Crippen LogP contribution in [0.3, 0.4) is 0 Å². The Hall–Kier alpha value is -1.57. The molecule has 0 fully saturated rings. The summed E-state index contributed by atoms with van der Waals surface area (Å²) in [6.07, 6.45) is 0.887. The fourth-order valence-corrected chi connectivity index (χ4v) is 2.03. The predicted molar refractivity (Wildman–Crippen MR) is 62.4 cm³/mol. The minimum atomic E-state index is 0.112. The molecule has 1 heterocycles. The van der Waals surface area contributed by atoms with Gasteiger partial charge in [-0.1, -0.05) is 18.6 Å². The molecular formula is C13H15NO. The normalized spacial score (nSPS) is 10.9. The predicted octanol–water partition coefficient (Wildman–Crippen LogP) is 3.24. The number of ketones is 1. The van der Waals surface area contributed by atoms with E-state index in [1.807, 2.05) is 6.07 Å². The molecule has 0 saturated carbocycles. The molecule has 2 aromatic rings. The van der Waals surface area contributed by atoms with E-state index in [9.17, 15) is 4.79 Å². The van der Waals surface area contributed by atoms with Gasteiger partial charge < -0.3 is 4.98 Å². The lowest BCUT2D eigenvalue weighted by Gasteiger charge is -1.97. The highest BCUT2D eigenvalue weighted by molar-refractivity contribution is 6.01. The number of carbonyl (C=O) groups is 1. The van der Waals surface area contributed by atoms with Gasteiger partial charge in [0.1, 0.15) is 0 Å². The van der Waals surface area contributed by atoms with Crippen molar-refractivity contribution in [1.29, 1.82) is 0 Å². The topological polar surface area (TPSA) is 32.9 Å². The fraction of sp³-hybridized carbons (Fsp3) is 0.308. The Morgan fingerprint density at radius 1 is 1.40 bits per heavy atom. The van der Waals surface area contributed by atoms with Gasteiger partial charge in [0.15, 0.2) is 5.78 Å². The number of rotatable bonds is 2. The zero-order valence-electron chi connectivity index (χ0n) is 9.35. The molecule has 1 aromatic carbocycles. The highest BCUT2D eigenvalue weighted by atomic mass is 16.1. The third-order valence-corrected chi connectivity index (χ3v) is 2.77. The number of nitrogens with one attached hydrogen (secondary N) is 1. The lowest BCUT2D eigenvalue weighted by molar-refractivity contribution is 0.101. The van der Waals surface area contributed by atoms with Gasteiger partial charge in [0, 0.05) is 17.8 Å². The lowest BCUT2D eigenvalue weighted by atomic mass is 10.1. The molecule has 0 bridgehead atoms. The van der Waals surface area contributed by atoms with Crippen LogP contribution in [0.4, 0.5) is 0 Å². The van der Waals surface area contributed by atoms with E-state index < -0.39 is 0 Å². The van der Waals surface area contributed by atoms with E-state index in [4.69, 9.17) is 0 Å². The van der Waals surface area contributed by atoms with Gasteiger partial charge in [0.05, 0.1) is 5.69 Å². The molecule has 0 aliphatic heterocycles. The monoisotopic (exact) mass is 201 g/mol. The van der Waals surface area contributed by atoms with Gasteiger partial charge in [-0.25, -0.2) is 0 Å². The molecule has 0 amide bonds. The van der Waals surface area contributed by atoms with E-state index in [1.165, 1.54) is 10.9 Å². The summed E-state index contributed by atoms with van der Waals surface area (Å²) < 4.78 is 0. The standard InChI is InChI=1S/C13H15NO/c1-4-10-11-7-8(2)5-6-12(11)14-13(10)9(3)15/h5-7,14H,4H2,1-3H3. The summed E-state index contributed by atoms with van der Waals surface area (Å²) in [4.78, 5) is 14.6. The van der Waals surface area contributed by atoms with E-state index in [1.54, 1.807) is 6.92 Å². The molecule has 1 N–H and O–H groups in total. The number of hydrogen-bond donors (Lipinski definition) is 1. The third-order valence-electron chi connectivity index (χ3n) is 2.77. The van der Waals surface area contributed by atoms with Crippen molar-refractivity contribution in [1.82, 2.24) is 4.98 Å². The maximum absolute atomic E-state index is 11.4. The second-order valence-electron chi connectivity index (χ2n) is 3.94. The molecule has 2 nitrogen and oxygen atoms in total. The quantitative estimate of drug-likeness (QED) is 0.743. The van der Waals surface area contributed by atoms with Crippen LogP contribution in [0.2, 0.25) is 0 Å².